The van der Waals surface area contributed by atoms with Crippen LogP contribution in [0, 0.1) is 0 Å². The third kappa shape index (κ3) is 3.15. The summed E-state index contributed by atoms with van der Waals surface area (Å²) in [7, 11) is 2.82. The number of nitrogens with zero attached hydrogens (tertiary/aromatic N) is 4. The minimum atomic E-state index is -0.688. The molecule has 0 aliphatic carbocycles. The molecule has 2 aromatic heterocycles. The van der Waals surface area contributed by atoms with Crippen molar-refractivity contribution in [2.24, 2.45) is 14.1 Å². The number of ether oxygens (including phenoxy) is 1. The first kappa shape index (κ1) is 16.5. The van der Waals surface area contributed by atoms with Crippen LogP contribution in [0.2, 0.25) is 0 Å². The molecular formula is C13H17N5O5. The Hall–Kier alpha value is -2.91. The molecular weight excluding hydrogens is 306 g/mol. The third-order valence-electron chi connectivity index (χ3n) is 3.25. The van der Waals surface area contributed by atoms with Crippen molar-refractivity contribution in [1.29, 1.82) is 0 Å². The van der Waals surface area contributed by atoms with Crippen LogP contribution in [0.4, 0.5) is 0 Å². The van der Waals surface area contributed by atoms with E-state index in [4.69, 9.17) is 4.74 Å². The van der Waals surface area contributed by atoms with Crippen LogP contribution in [-0.4, -0.2) is 43.7 Å². The lowest BCUT2D eigenvalue weighted by atomic mass is 10.5. The number of aromatic nitrogens is 4. The maximum absolute atomic E-state index is 12.2. The number of imidazole rings is 1. The second-order valence-corrected chi connectivity index (χ2v) is 4.86. The van der Waals surface area contributed by atoms with Gasteiger partial charge in [0.1, 0.15) is 6.54 Å². The quantitative estimate of drug-likeness (QED) is 0.643. The number of aryl methyl sites for hydroxylation is 1. The maximum Gasteiger partial charge on any atom is 0.332 e. The number of carbonyl (C=O) groups is 2. The summed E-state index contributed by atoms with van der Waals surface area (Å²) in [5.41, 5.74) is -0.775. The van der Waals surface area contributed by atoms with Gasteiger partial charge in [0.25, 0.3) is 11.5 Å². The number of carbonyl (C=O) groups excluding carboxylic acids is 2. The van der Waals surface area contributed by atoms with Crippen LogP contribution < -0.4 is 16.6 Å². The predicted octanol–water partition coefficient (Wildman–Crippen LogP) is -1.89. The molecule has 2 aromatic rings. The third-order valence-corrected chi connectivity index (χ3v) is 3.25. The van der Waals surface area contributed by atoms with Crippen LogP contribution >= 0.6 is 0 Å². The average Bonchev–Trinajstić information content (AvgIpc) is 2.93. The van der Waals surface area contributed by atoms with Crippen LogP contribution in [0.3, 0.4) is 0 Å². The fourth-order valence-electron chi connectivity index (χ4n) is 2.10. The second kappa shape index (κ2) is 6.46. The topological polar surface area (TPSA) is 117 Å². The zero-order chi connectivity index (χ0) is 17.1. The van der Waals surface area contributed by atoms with E-state index < -0.39 is 29.7 Å². The van der Waals surface area contributed by atoms with E-state index in [-0.39, 0.29) is 17.7 Å². The summed E-state index contributed by atoms with van der Waals surface area (Å²) in [5.74, 6) is -1.10. The van der Waals surface area contributed by atoms with Gasteiger partial charge in [-0.3, -0.25) is 23.5 Å². The second-order valence-electron chi connectivity index (χ2n) is 4.86. The predicted molar refractivity (Wildman–Crippen MR) is 79.9 cm³/mol. The summed E-state index contributed by atoms with van der Waals surface area (Å²) in [5, 5.41) is 2.49. The molecule has 0 bridgehead atoms. The molecule has 1 amide bonds. The number of hydrogen-bond donors (Lipinski definition) is 1. The van der Waals surface area contributed by atoms with Gasteiger partial charge in [-0.15, -0.1) is 0 Å². The molecule has 0 radical (unpaired) electrons. The van der Waals surface area contributed by atoms with E-state index >= 15 is 0 Å². The molecule has 0 fully saturated rings. The summed E-state index contributed by atoms with van der Waals surface area (Å²) < 4.78 is 8.26. The highest BCUT2D eigenvalue weighted by Crippen LogP contribution is 2.05. The van der Waals surface area contributed by atoms with Crippen LogP contribution in [0.25, 0.3) is 11.2 Å². The monoisotopic (exact) mass is 323 g/mol. The molecule has 0 aromatic carbocycles. The number of nitrogens with one attached hydrogen (secondary N) is 1. The van der Waals surface area contributed by atoms with Gasteiger partial charge in [-0.25, -0.2) is 9.78 Å². The van der Waals surface area contributed by atoms with E-state index in [1.165, 1.54) is 29.6 Å². The molecule has 124 valence electrons. The molecule has 0 aliphatic rings. The Balaban J connectivity index is 2.25. The summed E-state index contributed by atoms with van der Waals surface area (Å²) in [6, 6.07) is 0. The van der Waals surface area contributed by atoms with Crippen LogP contribution in [0.1, 0.15) is 6.92 Å². The number of rotatable bonds is 5. The highest BCUT2D eigenvalue weighted by molar-refractivity contribution is 5.81. The van der Waals surface area contributed by atoms with Gasteiger partial charge in [0, 0.05) is 20.6 Å². The van der Waals surface area contributed by atoms with Crippen LogP contribution in [-0.2, 0) is 35.0 Å². The van der Waals surface area contributed by atoms with Crippen molar-refractivity contribution in [3.63, 3.8) is 0 Å². The molecule has 0 saturated carbocycles. The smallest absolute Gasteiger partial charge is 0.332 e. The summed E-state index contributed by atoms with van der Waals surface area (Å²) in [4.78, 5) is 51.0. The molecule has 2 rings (SSSR count). The van der Waals surface area contributed by atoms with E-state index in [1.807, 2.05) is 0 Å². The van der Waals surface area contributed by atoms with Gasteiger partial charge in [-0.1, -0.05) is 0 Å². The molecule has 1 N–H and O–H groups in total. The zero-order valence-electron chi connectivity index (χ0n) is 13.0. The van der Waals surface area contributed by atoms with Gasteiger partial charge in [-0.2, -0.15) is 0 Å². The first-order valence-electron chi connectivity index (χ1n) is 6.90. The van der Waals surface area contributed by atoms with E-state index in [2.05, 4.69) is 10.3 Å². The summed E-state index contributed by atoms with van der Waals surface area (Å²) in [6.45, 7) is 1.50. The number of fused-ring (bicyclic) bond motifs is 1. The zero-order valence-corrected chi connectivity index (χ0v) is 13.0. The summed E-state index contributed by atoms with van der Waals surface area (Å²) >= 11 is 0. The Morgan fingerprint density at radius 3 is 2.61 bits per heavy atom. The minimum Gasteiger partial charge on any atom is -0.454 e. The molecule has 0 spiro atoms. The van der Waals surface area contributed by atoms with Crippen molar-refractivity contribution in [1.82, 2.24) is 24.0 Å². The molecule has 2 heterocycles. The van der Waals surface area contributed by atoms with Gasteiger partial charge < -0.3 is 14.6 Å². The highest BCUT2D eigenvalue weighted by atomic mass is 16.5. The Morgan fingerprint density at radius 1 is 1.26 bits per heavy atom. The number of esters is 1. The maximum atomic E-state index is 12.2. The van der Waals surface area contributed by atoms with Gasteiger partial charge in [-0.05, 0) is 6.92 Å². The Labute approximate surface area is 130 Å². The van der Waals surface area contributed by atoms with Crippen LogP contribution in [0.5, 0.6) is 0 Å². The SMILES string of the molecule is CCNC(=O)COC(=O)Cn1cnc2c1c(=O)n(C)c(=O)n2C. The lowest BCUT2D eigenvalue weighted by Gasteiger charge is -2.07. The average molecular weight is 323 g/mol. The lowest BCUT2D eigenvalue weighted by Crippen LogP contribution is -2.37. The van der Waals surface area contributed by atoms with E-state index in [0.717, 1.165) is 4.57 Å². The van der Waals surface area contributed by atoms with Gasteiger partial charge in [0.2, 0.25) is 0 Å². The van der Waals surface area contributed by atoms with Crippen molar-refractivity contribution in [2.45, 2.75) is 13.5 Å². The molecule has 0 unspecified atom stereocenters. The van der Waals surface area contributed by atoms with Crippen molar-refractivity contribution >= 4 is 23.0 Å². The van der Waals surface area contributed by atoms with Crippen molar-refractivity contribution in [2.75, 3.05) is 13.2 Å². The van der Waals surface area contributed by atoms with Crippen molar-refractivity contribution in [3.8, 4) is 0 Å². The number of hydrogen-bond acceptors (Lipinski definition) is 6. The summed E-state index contributed by atoms with van der Waals surface area (Å²) in [6.07, 6.45) is 1.28. The largest absolute Gasteiger partial charge is 0.454 e. The normalized spacial score (nSPS) is 10.7. The van der Waals surface area contributed by atoms with E-state index in [9.17, 15) is 19.2 Å². The van der Waals surface area contributed by atoms with E-state index in [1.54, 1.807) is 6.92 Å². The highest BCUT2D eigenvalue weighted by Gasteiger charge is 2.16. The number of amides is 1. The fraction of sp³-hybridized carbons (Fsp3) is 0.462. The number of likely N-dealkylation sites (N-methyl/N-ethyl adjacent to an activating group) is 1. The van der Waals surface area contributed by atoms with Gasteiger partial charge in [0.15, 0.2) is 17.8 Å². The Kier molecular flexibility index (Phi) is 4.63. The molecule has 0 aliphatic heterocycles. The van der Waals surface area contributed by atoms with E-state index in [0.29, 0.717) is 6.54 Å². The van der Waals surface area contributed by atoms with Crippen molar-refractivity contribution in [3.05, 3.63) is 27.2 Å². The molecule has 10 heteroatoms. The lowest BCUT2D eigenvalue weighted by molar-refractivity contribution is -0.149. The van der Waals surface area contributed by atoms with Gasteiger partial charge >= 0.3 is 11.7 Å². The standard InChI is InChI=1S/C13H17N5O5/c1-4-14-8(19)6-23-9(20)5-18-7-15-11-10(18)12(21)17(3)13(22)16(11)2/h7H,4-6H2,1-3H3,(H,14,19). The van der Waals surface area contributed by atoms with Crippen molar-refractivity contribution < 1.29 is 14.3 Å². The first-order chi connectivity index (χ1) is 10.9. The Bertz CT molecular complexity index is 875. The molecule has 0 saturated heterocycles. The molecule has 23 heavy (non-hydrogen) atoms. The Morgan fingerprint density at radius 2 is 1.96 bits per heavy atom. The fourth-order valence-corrected chi connectivity index (χ4v) is 2.10. The first-order valence-corrected chi connectivity index (χ1v) is 6.90. The molecule has 10 nitrogen and oxygen atoms in total. The minimum absolute atomic E-state index is 0.115. The van der Waals surface area contributed by atoms with Gasteiger partial charge in [0.05, 0.1) is 6.33 Å². The van der Waals surface area contributed by atoms with Crippen LogP contribution in [0.15, 0.2) is 15.9 Å². The molecule has 0 atom stereocenters.